The third-order valence-corrected chi connectivity index (χ3v) is 3.20. The van der Waals surface area contributed by atoms with E-state index in [0.29, 0.717) is 0 Å². The van der Waals surface area contributed by atoms with Gasteiger partial charge in [-0.25, -0.2) is 18.7 Å². The Hall–Kier alpha value is -0.820. The molecule has 0 unspecified atom stereocenters. The molecule has 15 heavy (non-hydrogen) atoms. The summed E-state index contributed by atoms with van der Waals surface area (Å²) in [7, 11) is 0. The largest absolute Gasteiger partial charge is 0.492 e. The van der Waals surface area contributed by atoms with Gasteiger partial charge >= 0.3 is 0 Å². The van der Waals surface area contributed by atoms with Crippen LogP contribution in [0.2, 0.25) is 0 Å². The summed E-state index contributed by atoms with van der Waals surface area (Å²) in [5, 5.41) is 9.08. The van der Waals surface area contributed by atoms with Crippen molar-refractivity contribution in [2.24, 2.45) is 0 Å². The lowest BCUT2D eigenvalue weighted by Crippen LogP contribution is -1.94. The molecule has 0 spiro atoms. The maximum atomic E-state index is 13.3. The van der Waals surface area contributed by atoms with E-state index >= 15 is 0 Å². The predicted molar refractivity (Wildman–Crippen MR) is 56.5 cm³/mol. The molecule has 2 rings (SSSR count). The van der Waals surface area contributed by atoms with Crippen molar-refractivity contribution in [3.8, 4) is 5.88 Å². The molecule has 7 heteroatoms. The molecule has 0 aliphatic heterocycles. The normalized spacial score (nSPS) is 10.9. The summed E-state index contributed by atoms with van der Waals surface area (Å²) in [6, 6.07) is 0. The third kappa shape index (κ3) is 1.59. The number of aromatic hydroxyl groups is 1. The highest BCUT2D eigenvalue weighted by atomic mass is 79.9. The van der Waals surface area contributed by atoms with Crippen LogP contribution in [0, 0.1) is 11.6 Å². The molecule has 1 heterocycles. The molecular weight excluding hydrogens is 338 g/mol. The number of hydrogen-bond donors (Lipinski definition) is 1. The van der Waals surface area contributed by atoms with Crippen molar-refractivity contribution in [2.75, 3.05) is 0 Å². The lowest BCUT2D eigenvalue weighted by atomic mass is 10.3. The molecule has 0 saturated heterocycles. The second kappa shape index (κ2) is 3.64. The average molecular weight is 340 g/mol. The summed E-state index contributed by atoms with van der Waals surface area (Å²) in [6.07, 6.45) is 1.05. The molecule has 0 saturated carbocycles. The second-order valence-corrected chi connectivity index (χ2v) is 4.27. The Bertz CT molecular complexity index is 562. The second-order valence-electron chi connectivity index (χ2n) is 2.68. The van der Waals surface area contributed by atoms with E-state index in [1.165, 1.54) is 0 Å². The fraction of sp³-hybridized carbons (Fsp3) is 0. The molecule has 0 aliphatic rings. The molecular formula is C8H2Br2F2N2O. The standard InChI is InChI=1S/C8H2Br2F2N2O/c9-3-5(11)6(12)4(10)8-7(3)13-1-2(15)14-8/h1H,(H,14,15). The summed E-state index contributed by atoms with van der Waals surface area (Å²) in [5.41, 5.74) is 0.194. The highest BCUT2D eigenvalue weighted by molar-refractivity contribution is 9.11. The van der Waals surface area contributed by atoms with Crippen LogP contribution in [0.1, 0.15) is 0 Å². The molecule has 78 valence electrons. The van der Waals surface area contributed by atoms with Crippen LogP contribution in [0.15, 0.2) is 15.1 Å². The Morgan fingerprint density at radius 3 is 2.20 bits per heavy atom. The zero-order valence-corrected chi connectivity index (χ0v) is 10.1. The number of hydrogen-bond acceptors (Lipinski definition) is 3. The van der Waals surface area contributed by atoms with E-state index in [9.17, 15) is 8.78 Å². The summed E-state index contributed by atoms with van der Waals surface area (Å²) >= 11 is 5.72. The number of rotatable bonds is 0. The van der Waals surface area contributed by atoms with Gasteiger partial charge in [0.05, 0.1) is 15.1 Å². The molecule has 0 amide bonds. The molecule has 1 N–H and O–H groups in total. The van der Waals surface area contributed by atoms with E-state index in [0.717, 1.165) is 6.20 Å². The molecule has 1 aromatic heterocycles. The first kappa shape index (κ1) is 10.7. The Labute approximate surface area is 99.4 Å². The van der Waals surface area contributed by atoms with E-state index in [1.807, 2.05) is 0 Å². The lowest BCUT2D eigenvalue weighted by molar-refractivity contribution is 0.452. The summed E-state index contributed by atoms with van der Waals surface area (Å²) in [6.45, 7) is 0. The van der Waals surface area contributed by atoms with Crippen molar-refractivity contribution in [1.82, 2.24) is 9.97 Å². The lowest BCUT2D eigenvalue weighted by Gasteiger charge is -2.05. The van der Waals surface area contributed by atoms with Gasteiger partial charge in [-0.05, 0) is 31.9 Å². The Morgan fingerprint density at radius 2 is 1.60 bits per heavy atom. The van der Waals surface area contributed by atoms with Crippen LogP contribution in [0.25, 0.3) is 11.0 Å². The van der Waals surface area contributed by atoms with Gasteiger partial charge in [0, 0.05) is 0 Å². The van der Waals surface area contributed by atoms with Crippen molar-refractivity contribution in [1.29, 1.82) is 0 Å². The van der Waals surface area contributed by atoms with E-state index in [-0.39, 0.29) is 25.9 Å². The summed E-state index contributed by atoms with van der Waals surface area (Å²) in [4.78, 5) is 7.39. The minimum atomic E-state index is -1.07. The van der Waals surface area contributed by atoms with Gasteiger partial charge in [-0.3, -0.25) is 0 Å². The molecule has 0 radical (unpaired) electrons. The van der Waals surface area contributed by atoms with Gasteiger partial charge in [-0.1, -0.05) is 0 Å². The fourth-order valence-corrected chi connectivity index (χ4v) is 2.01. The van der Waals surface area contributed by atoms with E-state index in [4.69, 9.17) is 5.11 Å². The number of fused-ring (bicyclic) bond motifs is 1. The van der Waals surface area contributed by atoms with Gasteiger partial charge in [0.1, 0.15) is 11.0 Å². The molecule has 0 aliphatic carbocycles. The topological polar surface area (TPSA) is 46.0 Å². The Morgan fingerprint density at radius 1 is 1.07 bits per heavy atom. The monoisotopic (exact) mass is 338 g/mol. The van der Waals surface area contributed by atoms with Gasteiger partial charge in [0.25, 0.3) is 0 Å². The van der Waals surface area contributed by atoms with Crippen LogP contribution in [-0.4, -0.2) is 15.1 Å². The first-order chi connectivity index (χ1) is 7.02. The molecule has 0 atom stereocenters. The van der Waals surface area contributed by atoms with Gasteiger partial charge in [0.15, 0.2) is 11.6 Å². The maximum Gasteiger partial charge on any atom is 0.230 e. The van der Waals surface area contributed by atoms with Crippen LogP contribution in [0.3, 0.4) is 0 Å². The third-order valence-electron chi connectivity index (χ3n) is 1.75. The van der Waals surface area contributed by atoms with Crippen LogP contribution in [-0.2, 0) is 0 Å². The SMILES string of the molecule is Oc1cnc2c(Br)c(F)c(F)c(Br)c2n1. The molecule has 3 nitrogen and oxygen atoms in total. The molecule has 0 bridgehead atoms. The van der Waals surface area contributed by atoms with Gasteiger partial charge < -0.3 is 5.11 Å². The first-order valence-corrected chi connectivity index (χ1v) is 5.28. The highest BCUT2D eigenvalue weighted by Gasteiger charge is 2.19. The minimum Gasteiger partial charge on any atom is -0.492 e. The van der Waals surface area contributed by atoms with E-state index in [1.54, 1.807) is 0 Å². The van der Waals surface area contributed by atoms with Crippen LogP contribution in [0.5, 0.6) is 5.88 Å². The molecule has 1 aromatic carbocycles. The number of aromatic nitrogens is 2. The first-order valence-electron chi connectivity index (χ1n) is 3.70. The number of benzene rings is 1. The minimum absolute atomic E-state index is 0.0563. The van der Waals surface area contributed by atoms with Crippen molar-refractivity contribution in [3.05, 3.63) is 26.8 Å². The van der Waals surface area contributed by atoms with Crippen LogP contribution < -0.4 is 0 Å². The van der Waals surface area contributed by atoms with Gasteiger partial charge in [0.2, 0.25) is 5.88 Å². The Balaban J connectivity index is 3.00. The molecule has 2 aromatic rings. The zero-order valence-electron chi connectivity index (χ0n) is 6.93. The van der Waals surface area contributed by atoms with Crippen molar-refractivity contribution >= 4 is 42.9 Å². The number of halogens is 4. The van der Waals surface area contributed by atoms with Crippen molar-refractivity contribution < 1.29 is 13.9 Å². The highest BCUT2D eigenvalue weighted by Crippen LogP contribution is 2.33. The zero-order chi connectivity index (χ0) is 11.2. The summed E-state index contributed by atoms with van der Waals surface area (Å²) < 4.78 is 26.2. The van der Waals surface area contributed by atoms with Crippen LogP contribution >= 0.6 is 31.9 Å². The summed E-state index contributed by atoms with van der Waals surface area (Å²) in [5.74, 6) is -2.48. The fourth-order valence-electron chi connectivity index (χ4n) is 1.09. The van der Waals surface area contributed by atoms with Crippen molar-refractivity contribution in [3.63, 3.8) is 0 Å². The quantitative estimate of drug-likeness (QED) is 0.592. The van der Waals surface area contributed by atoms with Crippen molar-refractivity contribution in [2.45, 2.75) is 0 Å². The molecule has 0 fully saturated rings. The van der Waals surface area contributed by atoms with E-state index < -0.39 is 11.6 Å². The van der Waals surface area contributed by atoms with Crippen LogP contribution in [0.4, 0.5) is 8.78 Å². The number of nitrogens with zero attached hydrogens (tertiary/aromatic N) is 2. The van der Waals surface area contributed by atoms with E-state index in [2.05, 4.69) is 41.8 Å². The van der Waals surface area contributed by atoms with Gasteiger partial charge in [-0.2, -0.15) is 0 Å². The van der Waals surface area contributed by atoms with Gasteiger partial charge in [-0.15, -0.1) is 0 Å². The average Bonchev–Trinajstić information content (AvgIpc) is 2.23. The Kier molecular flexibility index (Phi) is 2.59. The smallest absolute Gasteiger partial charge is 0.230 e. The predicted octanol–water partition coefficient (Wildman–Crippen LogP) is 3.14. The maximum absolute atomic E-state index is 13.3.